The van der Waals surface area contributed by atoms with Gasteiger partial charge in [-0.3, -0.25) is 14.8 Å². The predicted molar refractivity (Wildman–Crippen MR) is 146 cm³/mol. The summed E-state index contributed by atoms with van der Waals surface area (Å²) in [6.45, 7) is 0. The fourth-order valence-corrected chi connectivity index (χ4v) is 3.83. The van der Waals surface area contributed by atoms with Gasteiger partial charge in [0.25, 0.3) is 5.56 Å². The number of nitrogens with one attached hydrogen (secondary N) is 1. The number of nitrogens with zero attached hydrogens (tertiary/aromatic N) is 3. The average Bonchev–Trinajstić information content (AvgIpc) is 2.91. The molecule has 1 aromatic heterocycles. The van der Waals surface area contributed by atoms with E-state index in [0.717, 1.165) is 5.56 Å². The van der Waals surface area contributed by atoms with E-state index in [0.29, 0.717) is 34.5 Å². The normalized spacial score (nSPS) is 11.6. The highest BCUT2D eigenvalue weighted by Crippen LogP contribution is 2.33. The number of aromatic hydroxyl groups is 4. The zero-order valence-electron chi connectivity index (χ0n) is 19.9. The van der Waals surface area contributed by atoms with E-state index in [9.17, 15) is 25.2 Å². The summed E-state index contributed by atoms with van der Waals surface area (Å²) in [6.07, 6.45) is 3.08. The Morgan fingerprint density at radius 1 is 0.737 bits per heavy atom. The summed E-state index contributed by atoms with van der Waals surface area (Å²) in [5.41, 5.74) is 3.08. The molecule has 0 saturated carbocycles. The van der Waals surface area contributed by atoms with Crippen LogP contribution in [0.5, 0.6) is 23.0 Å². The van der Waals surface area contributed by atoms with Crippen molar-refractivity contribution < 1.29 is 20.4 Å². The second-order valence-electron chi connectivity index (χ2n) is 8.54. The maximum absolute atomic E-state index is 12.8. The highest BCUT2D eigenvalue weighted by Gasteiger charge is 2.11. The summed E-state index contributed by atoms with van der Waals surface area (Å²) in [5.74, 6) is -0.234. The van der Waals surface area contributed by atoms with Gasteiger partial charge < -0.3 is 25.4 Å². The first kappa shape index (κ1) is 24.3. The van der Waals surface area contributed by atoms with Crippen molar-refractivity contribution >= 4 is 34.8 Å². The largest absolute Gasteiger partial charge is 0.508 e. The second-order valence-corrected chi connectivity index (χ2v) is 8.54. The minimum Gasteiger partial charge on any atom is -0.508 e. The Hall–Kier alpha value is -5.44. The number of fused-ring (bicyclic) bond motifs is 1. The molecule has 38 heavy (non-hydrogen) atoms. The predicted octanol–water partition coefficient (Wildman–Crippen LogP) is 4.84. The number of H-pyrrole nitrogens is 1. The number of rotatable bonds is 6. The third kappa shape index (κ3) is 5.36. The van der Waals surface area contributed by atoms with Crippen LogP contribution in [-0.2, 0) is 6.42 Å². The minimum atomic E-state index is -0.331. The van der Waals surface area contributed by atoms with Crippen LogP contribution in [-0.4, -0.2) is 42.8 Å². The zero-order valence-corrected chi connectivity index (χ0v) is 19.9. The van der Waals surface area contributed by atoms with Gasteiger partial charge in [0, 0.05) is 30.0 Å². The summed E-state index contributed by atoms with van der Waals surface area (Å²) in [6, 6.07) is 20.9. The average molecular weight is 507 g/mol. The molecule has 5 aromatic rings. The van der Waals surface area contributed by atoms with Crippen molar-refractivity contribution in [3.8, 4) is 23.0 Å². The van der Waals surface area contributed by atoms with Gasteiger partial charge in [0.1, 0.15) is 28.7 Å². The number of aliphatic imine (C=N–C) groups is 2. The van der Waals surface area contributed by atoms with Crippen LogP contribution in [0.4, 0.5) is 11.4 Å². The van der Waals surface area contributed by atoms with Gasteiger partial charge in [-0.05, 0) is 54.1 Å². The van der Waals surface area contributed by atoms with E-state index in [1.165, 1.54) is 48.8 Å². The van der Waals surface area contributed by atoms with Gasteiger partial charge in [0.2, 0.25) is 0 Å². The lowest BCUT2D eigenvalue weighted by Crippen LogP contribution is -2.15. The number of phenols is 4. The van der Waals surface area contributed by atoms with Crippen molar-refractivity contribution in [3.05, 3.63) is 112 Å². The zero-order chi connectivity index (χ0) is 26.6. The Labute approximate surface area is 216 Å². The topological polar surface area (TPSA) is 151 Å². The molecule has 0 aliphatic carbocycles. The molecule has 9 heteroatoms. The second kappa shape index (κ2) is 10.3. The molecule has 0 spiro atoms. The van der Waals surface area contributed by atoms with Crippen molar-refractivity contribution in [2.24, 2.45) is 9.98 Å². The van der Waals surface area contributed by atoms with Crippen LogP contribution in [0, 0.1) is 0 Å². The van der Waals surface area contributed by atoms with Crippen LogP contribution in [0.25, 0.3) is 11.0 Å². The van der Waals surface area contributed by atoms with E-state index in [2.05, 4.69) is 20.0 Å². The van der Waals surface area contributed by atoms with Gasteiger partial charge in [0.15, 0.2) is 0 Å². The minimum absolute atomic E-state index is 0.0369. The van der Waals surface area contributed by atoms with Gasteiger partial charge >= 0.3 is 0 Å². The third-order valence-corrected chi connectivity index (χ3v) is 5.78. The maximum atomic E-state index is 12.8. The Morgan fingerprint density at radius 2 is 1.32 bits per heavy atom. The first-order valence-corrected chi connectivity index (χ1v) is 11.6. The molecule has 0 atom stereocenters. The molecular weight excluding hydrogens is 484 g/mol. The van der Waals surface area contributed by atoms with E-state index in [-0.39, 0.29) is 39.7 Å². The number of benzene rings is 4. The maximum Gasteiger partial charge on any atom is 0.270 e. The lowest BCUT2D eigenvalue weighted by atomic mass is 10.1. The molecule has 188 valence electrons. The van der Waals surface area contributed by atoms with E-state index in [1.807, 2.05) is 30.3 Å². The number of phenolic OH excluding ortho intramolecular Hbond substituents is 4. The lowest BCUT2D eigenvalue weighted by molar-refractivity contribution is 0.459. The van der Waals surface area contributed by atoms with Crippen LogP contribution in [0.15, 0.2) is 93.6 Å². The lowest BCUT2D eigenvalue weighted by Gasteiger charge is -2.07. The number of aromatic amines is 1. The van der Waals surface area contributed by atoms with Gasteiger partial charge in [-0.2, -0.15) is 0 Å². The standard InChI is InChI=1S/C29H22N4O5/c34-20-6-8-27(36)18(11-20)15-30-22-13-24-25(14-23(22)31-16-19-12-21(35)7-9-28(19)37)33-29(38)26(32-24)10-17-4-2-1-3-5-17/h1-9,11-16,34-37H,10H2,(H,33,38). The molecule has 0 aliphatic heterocycles. The van der Waals surface area contributed by atoms with E-state index < -0.39 is 0 Å². The first-order valence-electron chi connectivity index (χ1n) is 11.6. The molecule has 9 nitrogen and oxygen atoms in total. The number of aromatic nitrogens is 2. The van der Waals surface area contributed by atoms with E-state index >= 15 is 0 Å². The Morgan fingerprint density at radius 3 is 1.92 bits per heavy atom. The van der Waals surface area contributed by atoms with Gasteiger partial charge in [-0.1, -0.05) is 30.3 Å². The molecular formula is C29H22N4O5. The summed E-state index contributed by atoms with van der Waals surface area (Å²) in [7, 11) is 0. The number of hydrogen-bond donors (Lipinski definition) is 5. The first-order chi connectivity index (χ1) is 18.4. The van der Waals surface area contributed by atoms with Crippen LogP contribution < -0.4 is 5.56 Å². The molecule has 0 bridgehead atoms. The van der Waals surface area contributed by atoms with E-state index in [4.69, 9.17) is 0 Å². The van der Waals surface area contributed by atoms with Crippen molar-refractivity contribution in [3.63, 3.8) is 0 Å². The molecule has 5 rings (SSSR count). The number of hydrogen-bond acceptors (Lipinski definition) is 8. The summed E-state index contributed by atoms with van der Waals surface area (Å²) < 4.78 is 0. The van der Waals surface area contributed by atoms with Crippen molar-refractivity contribution in [2.75, 3.05) is 0 Å². The third-order valence-electron chi connectivity index (χ3n) is 5.78. The summed E-state index contributed by atoms with van der Waals surface area (Å²) >= 11 is 0. The quantitative estimate of drug-likeness (QED) is 0.164. The highest BCUT2D eigenvalue weighted by molar-refractivity contribution is 5.93. The molecule has 1 heterocycles. The Balaban J connectivity index is 1.62. The smallest absolute Gasteiger partial charge is 0.270 e. The fourth-order valence-electron chi connectivity index (χ4n) is 3.83. The van der Waals surface area contributed by atoms with Gasteiger partial charge in [-0.15, -0.1) is 0 Å². The van der Waals surface area contributed by atoms with Crippen LogP contribution in [0.3, 0.4) is 0 Å². The van der Waals surface area contributed by atoms with Crippen molar-refractivity contribution in [1.29, 1.82) is 0 Å². The Bertz CT molecular complexity index is 1760. The van der Waals surface area contributed by atoms with Gasteiger partial charge in [0.05, 0.1) is 22.4 Å². The van der Waals surface area contributed by atoms with Crippen molar-refractivity contribution in [2.45, 2.75) is 6.42 Å². The molecule has 0 radical (unpaired) electrons. The summed E-state index contributed by atoms with van der Waals surface area (Å²) in [5, 5.41) is 39.8. The van der Waals surface area contributed by atoms with Crippen LogP contribution in [0.2, 0.25) is 0 Å². The van der Waals surface area contributed by atoms with E-state index in [1.54, 1.807) is 12.1 Å². The fraction of sp³-hybridized carbons (Fsp3) is 0.0345. The molecule has 0 saturated heterocycles. The molecule has 5 N–H and O–H groups in total. The molecule has 0 unspecified atom stereocenters. The molecule has 0 amide bonds. The SMILES string of the molecule is O=c1[nH]c2cc(N=Cc3cc(O)ccc3O)c(N=Cc3cc(O)ccc3O)cc2nc1Cc1ccccc1. The van der Waals surface area contributed by atoms with Gasteiger partial charge in [-0.25, -0.2) is 4.98 Å². The van der Waals surface area contributed by atoms with Crippen LogP contribution >= 0.6 is 0 Å². The molecule has 0 aliphatic rings. The molecule has 0 fully saturated rings. The summed E-state index contributed by atoms with van der Waals surface area (Å²) in [4.78, 5) is 29.1. The molecule has 4 aromatic carbocycles. The highest BCUT2D eigenvalue weighted by atomic mass is 16.3. The van der Waals surface area contributed by atoms with Crippen LogP contribution in [0.1, 0.15) is 22.4 Å². The monoisotopic (exact) mass is 506 g/mol. The van der Waals surface area contributed by atoms with Crippen molar-refractivity contribution in [1.82, 2.24) is 9.97 Å². The Kier molecular flexibility index (Phi) is 6.56.